The molecule has 1 aliphatic rings. The zero-order valence-electron chi connectivity index (χ0n) is 10.8. The number of nitrogens with one attached hydrogen (secondary N) is 1. The summed E-state index contributed by atoms with van der Waals surface area (Å²) in [5.74, 6) is 0. The summed E-state index contributed by atoms with van der Waals surface area (Å²) < 4.78 is 0. The Bertz CT molecular complexity index is 553. The average molecular weight is 276 g/mol. The van der Waals surface area contributed by atoms with Gasteiger partial charge in [-0.2, -0.15) is 10.2 Å². The fourth-order valence-electron chi connectivity index (χ4n) is 2.75. The number of benzene rings is 1. The maximum Gasteiger partial charge on any atom is 0.0950 e. The Balaban J connectivity index is 1.88. The molecule has 0 spiro atoms. The van der Waals surface area contributed by atoms with Crippen molar-refractivity contribution in [2.45, 2.75) is 43.5 Å². The monoisotopic (exact) mass is 275 g/mol. The molecule has 0 aliphatic heterocycles. The molecule has 3 rings (SSSR count). The van der Waals surface area contributed by atoms with Gasteiger partial charge < -0.3 is 5.32 Å². The van der Waals surface area contributed by atoms with Crippen molar-refractivity contribution in [2.24, 2.45) is 0 Å². The van der Waals surface area contributed by atoms with Gasteiger partial charge in [0.05, 0.1) is 22.8 Å². The molecular weight excluding hydrogens is 258 g/mol. The lowest BCUT2D eigenvalue weighted by atomic mass is 10.1. The number of rotatable bonds is 2. The van der Waals surface area contributed by atoms with Crippen molar-refractivity contribution in [3.63, 3.8) is 0 Å². The van der Waals surface area contributed by atoms with Crippen LogP contribution in [0.2, 0.25) is 0 Å². The van der Waals surface area contributed by atoms with Gasteiger partial charge in [-0.15, -0.1) is 11.6 Å². The Hall–Kier alpha value is -1.35. The molecule has 19 heavy (non-hydrogen) atoms. The molecule has 1 heterocycles. The van der Waals surface area contributed by atoms with Gasteiger partial charge in [0, 0.05) is 11.4 Å². The number of aromatic nitrogens is 2. The molecule has 0 amide bonds. The fourth-order valence-corrected chi connectivity index (χ4v) is 3.09. The van der Waals surface area contributed by atoms with Crippen LogP contribution in [0.3, 0.4) is 0 Å². The maximum atomic E-state index is 6.49. The quantitative estimate of drug-likeness (QED) is 0.665. The fraction of sp³-hybridized carbons (Fsp3) is 0.467. The third-order valence-corrected chi connectivity index (χ3v) is 4.34. The van der Waals surface area contributed by atoms with Crippen LogP contribution >= 0.6 is 11.6 Å². The third kappa shape index (κ3) is 2.81. The van der Waals surface area contributed by atoms with Crippen molar-refractivity contribution in [3.8, 4) is 0 Å². The SMILES string of the molecule is ClC1CCCCCC1Nc1cnnc2ccccc12. The highest BCUT2D eigenvalue weighted by atomic mass is 35.5. The van der Waals surface area contributed by atoms with E-state index in [0.29, 0.717) is 6.04 Å². The highest BCUT2D eigenvalue weighted by Crippen LogP contribution is 2.27. The molecule has 1 fully saturated rings. The van der Waals surface area contributed by atoms with Crippen molar-refractivity contribution >= 4 is 28.2 Å². The van der Waals surface area contributed by atoms with E-state index in [-0.39, 0.29) is 5.38 Å². The Morgan fingerprint density at radius 1 is 1.11 bits per heavy atom. The molecule has 0 saturated heterocycles. The molecule has 0 bridgehead atoms. The van der Waals surface area contributed by atoms with Gasteiger partial charge in [-0.1, -0.05) is 37.5 Å². The third-order valence-electron chi connectivity index (χ3n) is 3.82. The van der Waals surface area contributed by atoms with Gasteiger partial charge in [0.15, 0.2) is 0 Å². The predicted molar refractivity (Wildman–Crippen MR) is 79.7 cm³/mol. The molecule has 4 heteroatoms. The molecule has 2 aromatic rings. The van der Waals surface area contributed by atoms with Crippen LogP contribution < -0.4 is 5.32 Å². The van der Waals surface area contributed by atoms with Crippen LogP contribution in [0.4, 0.5) is 5.69 Å². The minimum atomic E-state index is 0.203. The first-order valence-corrected chi connectivity index (χ1v) is 7.39. The Morgan fingerprint density at radius 3 is 2.89 bits per heavy atom. The van der Waals surface area contributed by atoms with Gasteiger partial charge >= 0.3 is 0 Å². The Morgan fingerprint density at radius 2 is 1.95 bits per heavy atom. The number of hydrogen-bond donors (Lipinski definition) is 1. The molecule has 2 atom stereocenters. The van der Waals surface area contributed by atoms with E-state index in [2.05, 4.69) is 21.6 Å². The maximum absolute atomic E-state index is 6.49. The van der Waals surface area contributed by atoms with Gasteiger partial charge in [0.25, 0.3) is 0 Å². The normalized spacial score (nSPS) is 24.1. The van der Waals surface area contributed by atoms with Crippen molar-refractivity contribution in [3.05, 3.63) is 30.5 Å². The topological polar surface area (TPSA) is 37.8 Å². The number of halogens is 1. The average Bonchev–Trinajstić information content (AvgIpc) is 2.65. The second-order valence-corrected chi connectivity index (χ2v) is 5.74. The van der Waals surface area contributed by atoms with E-state index < -0.39 is 0 Å². The largest absolute Gasteiger partial charge is 0.379 e. The number of nitrogens with zero attached hydrogens (tertiary/aromatic N) is 2. The second kappa shape index (κ2) is 5.74. The van der Waals surface area contributed by atoms with Crippen LogP contribution in [0.25, 0.3) is 10.9 Å². The van der Waals surface area contributed by atoms with E-state index >= 15 is 0 Å². The summed E-state index contributed by atoms with van der Waals surface area (Å²) in [6, 6.07) is 8.40. The lowest BCUT2D eigenvalue weighted by Crippen LogP contribution is -2.28. The number of fused-ring (bicyclic) bond motifs is 1. The molecule has 1 aromatic carbocycles. The number of alkyl halides is 1. The zero-order chi connectivity index (χ0) is 13.1. The van der Waals surface area contributed by atoms with Gasteiger partial charge in [-0.25, -0.2) is 0 Å². The summed E-state index contributed by atoms with van der Waals surface area (Å²) in [5.41, 5.74) is 1.97. The van der Waals surface area contributed by atoms with E-state index in [1.165, 1.54) is 19.3 Å². The van der Waals surface area contributed by atoms with E-state index in [4.69, 9.17) is 11.6 Å². The lowest BCUT2D eigenvalue weighted by Gasteiger charge is -2.22. The summed E-state index contributed by atoms with van der Waals surface area (Å²) in [6.07, 6.45) is 7.80. The second-order valence-electron chi connectivity index (χ2n) is 5.18. The highest BCUT2D eigenvalue weighted by Gasteiger charge is 2.22. The Kier molecular flexibility index (Phi) is 3.83. The molecule has 0 radical (unpaired) electrons. The molecule has 1 aromatic heterocycles. The summed E-state index contributed by atoms with van der Waals surface area (Å²) in [7, 11) is 0. The van der Waals surface area contributed by atoms with Gasteiger partial charge in [-0.05, 0) is 18.9 Å². The highest BCUT2D eigenvalue weighted by molar-refractivity contribution is 6.21. The van der Waals surface area contributed by atoms with Crippen LogP contribution in [0, 0.1) is 0 Å². The van der Waals surface area contributed by atoms with Gasteiger partial charge in [0.2, 0.25) is 0 Å². The molecular formula is C15H18ClN3. The van der Waals surface area contributed by atoms with E-state index in [0.717, 1.165) is 29.4 Å². The van der Waals surface area contributed by atoms with E-state index in [1.54, 1.807) is 6.20 Å². The van der Waals surface area contributed by atoms with Crippen molar-refractivity contribution < 1.29 is 0 Å². The molecule has 2 unspecified atom stereocenters. The lowest BCUT2D eigenvalue weighted by molar-refractivity contribution is 0.627. The first kappa shape index (κ1) is 12.7. The van der Waals surface area contributed by atoms with Crippen LogP contribution in [0.5, 0.6) is 0 Å². The molecule has 1 saturated carbocycles. The predicted octanol–water partition coefficient (Wildman–Crippen LogP) is 3.98. The van der Waals surface area contributed by atoms with Crippen molar-refractivity contribution in [2.75, 3.05) is 5.32 Å². The molecule has 100 valence electrons. The standard InChI is InChI=1S/C15H18ClN3/c16-12-7-2-1-3-9-14(12)18-15-10-17-19-13-8-5-4-6-11(13)15/h4-6,8,10,12,14H,1-3,7,9H2,(H,18,19). The van der Waals surface area contributed by atoms with Crippen molar-refractivity contribution in [1.82, 2.24) is 10.2 Å². The first-order chi connectivity index (χ1) is 9.34. The summed E-state index contributed by atoms with van der Waals surface area (Å²) in [6.45, 7) is 0. The van der Waals surface area contributed by atoms with Crippen LogP contribution in [0.15, 0.2) is 30.5 Å². The first-order valence-electron chi connectivity index (χ1n) is 6.95. The van der Waals surface area contributed by atoms with Crippen LogP contribution in [0.1, 0.15) is 32.1 Å². The van der Waals surface area contributed by atoms with Gasteiger partial charge in [-0.3, -0.25) is 0 Å². The summed E-state index contributed by atoms with van der Waals surface area (Å²) in [4.78, 5) is 0. The minimum Gasteiger partial charge on any atom is -0.379 e. The van der Waals surface area contributed by atoms with E-state index in [1.807, 2.05) is 18.2 Å². The van der Waals surface area contributed by atoms with Gasteiger partial charge in [0.1, 0.15) is 0 Å². The smallest absolute Gasteiger partial charge is 0.0950 e. The molecule has 3 nitrogen and oxygen atoms in total. The molecule has 1 N–H and O–H groups in total. The number of hydrogen-bond acceptors (Lipinski definition) is 3. The van der Waals surface area contributed by atoms with Crippen LogP contribution in [-0.2, 0) is 0 Å². The Labute approximate surface area is 118 Å². The number of anilines is 1. The van der Waals surface area contributed by atoms with E-state index in [9.17, 15) is 0 Å². The van der Waals surface area contributed by atoms with Crippen molar-refractivity contribution in [1.29, 1.82) is 0 Å². The summed E-state index contributed by atoms with van der Waals surface area (Å²) in [5, 5.41) is 13.1. The molecule has 1 aliphatic carbocycles. The summed E-state index contributed by atoms with van der Waals surface area (Å²) >= 11 is 6.49. The minimum absolute atomic E-state index is 0.203. The zero-order valence-corrected chi connectivity index (χ0v) is 11.6. The van der Waals surface area contributed by atoms with Crippen LogP contribution in [-0.4, -0.2) is 21.6 Å².